The van der Waals surface area contributed by atoms with Gasteiger partial charge in [0, 0.05) is 6.20 Å². The normalized spacial score (nSPS) is 10.3. The number of ether oxygens (including phenoxy) is 2. The molecule has 88 valence electrons. The Hall–Kier alpha value is -1.65. The average Bonchev–Trinajstić information content (AvgIpc) is 2.20. The van der Waals surface area contributed by atoms with E-state index in [2.05, 4.69) is 4.98 Å². The van der Waals surface area contributed by atoms with E-state index < -0.39 is 11.8 Å². The van der Waals surface area contributed by atoms with Crippen molar-refractivity contribution in [1.82, 2.24) is 4.98 Å². The van der Waals surface area contributed by atoms with Gasteiger partial charge in [-0.05, 0) is 26.8 Å². The van der Waals surface area contributed by atoms with Crippen molar-refractivity contribution in [3.05, 3.63) is 23.6 Å². The summed E-state index contributed by atoms with van der Waals surface area (Å²) in [6.07, 6.45) is 0.987. The molecule has 1 aromatic rings. The van der Waals surface area contributed by atoms with Gasteiger partial charge in [-0.25, -0.2) is 14.2 Å². The molecule has 0 unspecified atom stereocenters. The monoisotopic (exact) mass is 227 g/mol. The highest BCUT2D eigenvalue weighted by atomic mass is 19.1. The van der Waals surface area contributed by atoms with E-state index in [0.717, 1.165) is 6.07 Å². The van der Waals surface area contributed by atoms with Crippen LogP contribution in [0.4, 0.5) is 4.39 Å². The second-order valence-electron chi connectivity index (χ2n) is 3.40. The predicted molar refractivity (Wildman–Crippen MR) is 55.9 cm³/mol. The first-order chi connectivity index (χ1) is 7.54. The molecular weight excluding hydrogens is 213 g/mol. The Bertz CT molecular complexity index is 379. The van der Waals surface area contributed by atoms with Crippen molar-refractivity contribution < 1.29 is 18.7 Å². The summed E-state index contributed by atoms with van der Waals surface area (Å²) in [4.78, 5) is 15.1. The fourth-order valence-electron chi connectivity index (χ4n) is 1.06. The molecule has 0 bridgehead atoms. The van der Waals surface area contributed by atoms with Crippen LogP contribution < -0.4 is 4.74 Å². The topological polar surface area (TPSA) is 48.4 Å². The number of carbonyl (C=O) groups is 1. The molecule has 1 rings (SSSR count). The lowest BCUT2D eigenvalue weighted by molar-refractivity contribution is 0.0376. The van der Waals surface area contributed by atoms with E-state index in [1.165, 1.54) is 6.20 Å². The van der Waals surface area contributed by atoms with Crippen LogP contribution in [0.15, 0.2) is 12.3 Å². The second-order valence-corrected chi connectivity index (χ2v) is 3.40. The van der Waals surface area contributed by atoms with Gasteiger partial charge in [-0.1, -0.05) is 0 Å². The van der Waals surface area contributed by atoms with Gasteiger partial charge in [0.15, 0.2) is 5.82 Å². The Morgan fingerprint density at radius 1 is 1.56 bits per heavy atom. The molecule has 0 aliphatic heterocycles. The molecule has 0 aliphatic carbocycles. The van der Waals surface area contributed by atoms with Crippen LogP contribution in [0.3, 0.4) is 0 Å². The first-order valence-electron chi connectivity index (χ1n) is 5.04. The number of aromatic nitrogens is 1. The van der Waals surface area contributed by atoms with Gasteiger partial charge in [-0.15, -0.1) is 0 Å². The van der Waals surface area contributed by atoms with Crippen molar-refractivity contribution in [2.75, 3.05) is 6.61 Å². The third-order valence-electron chi connectivity index (χ3n) is 1.67. The molecule has 0 aliphatic rings. The molecule has 0 atom stereocenters. The average molecular weight is 227 g/mol. The molecule has 0 fully saturated rings. The third-order valence-corrected chi connectivity index (χ3v) is 1.67. The highest BCUT2D eigenvalue weighted by molar-refractivity contribution is 5.89. The minimum absolute atomic E-state index is 0.0784. The van der Waals surface area contributed by atoms with Crippen LogP contribution >= 0.6 is 0 Å². The summed E-state index contributed by atoms with van der Waals surface area (Å²) in [5.74, 6) is -1.37. The minimum atomic E-state index is -0.667. The maximum Gasteiger partial charge on any atom is 0.340 e. The van der Waals surface area contributed by atoms with Crippen LogP contribution in [0.5, 0.6) is 5.88 Å². The number of rotatable bonds is 4. The SMILES string of the molecule is CCOc1ncc(C(=O)OC(C)C)cc1F. The van der Waals surface area contributed by atoms with Crippen molar-refractivity contribution in [2.24, 2.45) is 0 Å². The van der Waals surface area contributed by atoms with Gasteiger partial charge < -0.3 is 9.47 Å². The van der Waals surface area contributed by atoms with Crippen LogP contribution in [-0.4, -0.2) is 23.7 Å². The van der Waals surface area contributed by atoms with Crippen molar-refractivity contribution in [1.29, 1.82) is 0 Å². The molecule has 0 aromatic carbocycles. The zero-order chi connectivity index (χ0) is 12.1. The molecule has 0 N–H and O–H groups in total. The number of esters is 1. The number of carbonyl (C=O) groups excluding carboxylic acids is 1. The van der Waals surface area contributed by atoms with Crippen LogP contribution in [-0.2, 0) is 4.74 Å². The van der Waals surface area contributed by atoms with E-state index in [-0.39, 0.29) is 17.5 Å². The van der Waals surface area contributed by atoms with Gasteiger partial charge >= 0.3 is 5.97 Å². The van der Waals surface area contributed by atoms with Crippen molar-refractivity contribution >= 4 is 5.97 Å². The summed E-state index contributed by atoms with van der Waals surface area (Å²) in [6.45, 7) is 5.48. The molecule has 1 heterocycles. The number of hydrogen-bond acceptors (Lipinski definition) is 4. The molecule has 1 aromatic heterocycles. The largest absolute Gasteiger partial charge is 0.476 e. The van der Waals surface area contributed by atoms with E-state index in [1.807, 2.05) is 0 Å². The summed E-state index contributed by atoms with van der Waals surface area (Å²) in [5.41, 5.74) is 0.0784. The molecule has 0 spiro atoms. The van der Waals surface area contributed by atoms with Gasteiger partial charge in [-0.2, -0.15) is 0 Å². The van der Waals surface area contributed by atoms with Crippen LogP contribution in [0, 0.1) is 5.82 Å². The first kappa shape index (κ1) is 12.4. The highest BCUT2D eigenvalue weighted by Gasteiger charge is 2.13. The van der Waals surface area contributed by atoms with Gasteiger partial charge in [0.2, 0.25) is 5.88 Å². The van der Waals surface area contributed by atoms with Gasteiger partial charge in [0.05, 0.1) is 18.3 Å². The van der Waals surface area contributed by atoms with Gasteiger partial charge in [0.1, 0.15) is 0 Å². The van der Waals surface area contributed by atoms with E-state index in [0.29, 0.717) is 6.61 Å². The quantitative estimate of drug-likeness (QED) is 0.740. The van der Waals surface area contributed by atoms with Gasteiger partial charge in [0.25, 0.3) is 0 Å². The number of halogens is 1. The zero-order valence-corrected chi connectivity index (χ0v) is 9.49. The summed E-state index contributed by atoms with van der Waals surface area (Å²) in [5, 5.41) is 0. The molecule has 16 heavy (non-hydrogen) atoms. The Balaban J connectivity index is 2.84. The lowest BCUT2D eigenvalue weighted by atomic mass is 10.3. The Kier molecular flexibility index (Phi) is 4.22. The highest BCUT2D eigenvalue weighted by Crippen LogP contribution is 2.15. The number of nitrogens with zero attached hydrogens (tertiary/aromatic N) is 1. The maximum absolute atomic E-state index is 13.3. The predicted octanol–water partition coefficient (Wildman–Crippen LogP) is 2.18. The fraction of sp³-hybridized carbons (Fsp3) is 0.455. The molecular formula is C11H14FNO3. The Labute approximate surface area is 93.4 Å². The van der Waals surface area contributed by atoms with Crippen molar-refractivity contribution in [2.45, 2.75) is 26.9 Å². The Morgan fingerprint density at radius 3 is 2.75 bits per heavy atom. The van der Waals surface area contributed by atoms with Crippen molar-refractivity contribution in [3.63, 3.8) is 0 Å². The molecule has 0 saturated heterocycles. The van der Waals surface area contributed by atoms with E-state index in [4.69, 9.17) is 9.47 Å². The molecule has 0 radical (unpaired) electrons. The van der Waals surface area contributed by atoms with Gasteiger partial charge in [-0.3, -0.25) is 0 Å². The van der Waals surface area contributed by atoms with E-state index in [9.17, 15) is 9.18 Å². The molecule has 4 nitrogen and oxygen atoms in total. The fourth-order valence-corrected chi connectivity index (χ4v) is 1.06. The smallest absolute Gasteiger partial charge is 0.340 e. The standard InChI is InChI=1S/C11H14FNO3/c1-4-15-10-9(12)5-8(6-13-10)11(14)16-7(2)3/h5-7H,4H2,1-3H3. The first-order valence-corrected chi connectivity index (χ1v) is 5.04. The van der Waals surface area contributed by atoms with Crippen molar-refractivity contribution in [3.8, 4) is 5.88 Å². The van der Waals surface area contributed by atoms with Crippen LogP contribution in [0.1, 0.15) is 31.1 Å². The molecule has 0 saturated carbocycles. The summed E-state index contributed by atoms with van der Waals surface area (Å²) < 4.78 is 23.2. The zero-order valence-electron chi connectivity index (χ0n) is 9.49. The molecule has 5 heteroatoms. The minimum Gasteiger partial charge on any atom is -0.476 e. The number of pyridine rings is 1. The summed E-state index contributed by atoms with van der Waals surface area (Å²) in [6, 6.07) is 1.06. The van der Waals surface area contributed by atoms with Crippen LogP contribution in [0.25, 0.3) is 0 Å². The van der Waals surface area contributed by atoms with E-state index in [1.54, 1.807) is 20.8 Å². The Morgan fingerprint density at radius 2 is 2.25 bits per heavy atom. The summed E-state index contributed by atoms with van der Waals surface area (Å²) in [7, 11) is 0. The summed E-state index contributed by atoms with van der Waals surface area (Å²) >= 11 is 0. The van der Waals surface area contributed by atoms with Crippen LogP contribution in [0.2, 0.25) is 0 Å². The number of hydrogen-bond donors (Lipinski definition) is 0. The lowest BCUT2D eigenvalue weighted by Gasteiger charge is -2.08. The maximum atomic E-state index is 13.3. The lowest BCUT2D eigenvalue weighted by Crippen LogP contribution is -2.12. The molecule has 0 amide bonds. The third kappa shape index (κ3) is 3.18. The second kappa shape index (κ2) is 5.44. The van der Waals surface area contributed by atoms with E-state index >= 15 is 0 Å².